The number of rotatable bonds is 3. The molecule has 3 heterocycles. The van der Waals surface area contributed by atoms with E-state index in [4.69, 9.17) is 4.74 Å². The first-order valence-corrected chi connectivity index (χ1v) is 10.2. The van der Waals surface area contributed by atoms with Crippen molar-refractivity contribution < 1.29 is 14.3 Å². The standard InChI is InChI=1S/C21H29N3O3/c25-20-15-17(21(26)23-9-5-1-2-6-10-23)16-24(20)19-8-4-3-7-18(19)22-11-13-27-14-12-22/h3-4,7-8,17H,1-2,5-6,9-16H2. The minimum Gasteiger partial charge on any atom is -0.378 e. The highest BCUT2D eigenvalue weighted by molar-refractivity contribution is 6.02. The summed E-state index contributed by atoms with van der Waals surface area (Å²) < 4.78 is 5.46. The molecule has 3 aliphatic heterocycles. The van der Waals surface area contributed by atoms with E-state index in [9.17, 15) is 9.59 Å². The van der Waals surface area contributed by atoms with Gasteiger partial charge in [0.2, 0.25) is 11.8 Å². The maximum Gasteiger partial charge on any atom is 0.228 e. The molecule has 3 saturated heterocycles. The SMILES string of the molecule is O=C(C1CC(=O)N(c2ccccc2N2CCOCC2)C1)N1CCCCCC1. The number of anilines is 2. The molecule has 6 heteroatoms. The van der Waals surface area contributed by atoms with Gasteiger partial charge in [0.15, 0.2) is 0 Å². The first-order valence-electron chi connectivity index (χ1n) is 10.2. The lowest BCUT2D eigenvalue weighted by Gasteiger charge is -2.32. The Labute approximate surface area is 161 Å². The highest BCUT2D eigenvalue weighted by Crippen LogP contribution is 2.34. The first-order chi connectivity index (χ1) is 13.2. The molecular weight excluding hydrogens is 342 g/mol. The molecule has 0 aliphatic carbocycles. The van der Waals surface area contributed by atoms with E-state index >= 15 is 0 Å². The van der Waals surface area contributed by atoms with Gasteiger partial charge in [-0.05, 0) is 25.0 Å². The molecule has 0 radical (unpaired) electrons. The monoisotopic (exact) mass is 371 g/mol. The van der Waals surface area contributed by atoms with E-state index in [0.717, 1.165) is 50.4 Å². The third kappa shape index (κ3) is 3.95. The predicted octanol–water partition coefficient (Wildman–Crippen LogP) is 2.28. The number of amides is 2. The van der Waals surface area contributed by atoms with Gasteiger partial charge in [0.05, 0.1) is 30.5 Å². The number of ether oxygens (including phenoxy) is 1. The summed E-state index contributed by atoms with van der Waals surface area (Å²) >= 11 is 0. The fraction of sp³-hybridized carbons (Fsp3) is 0.619. The van der Waals surface area contributed by atoms with Crippen LogP contribution in [0.1, 0.15) is 32.1 Å². The van der Waals surface area contributed by atoms with Gasteiger partial charge in [-0.15, -0.1) is 0 Å². The van der Waals surface area contributed by atoms with Gasteiger partial charge < -0.3 is 19.4 Å². The van der Waals surface area contributed by atoms with Crippen molar-refractivity contribution >= 4 is 23.2 Å². The van der Waals surface area contributed by atoms with Crippen LogP contribution in [0.3, 0.4) is 0 Å². The van der Waals surface area contributed by atoms with Crippen LogP contribution in [-0.4, -0.2) is 62.7 Å². The minimum absolute atomic E-state index is 0.0591. The highest BCUT2D eigenvalue weighted by atomic mass is 16.5. The average molecular weight is 371 g/mol. The molecule has 1 atom stereocenters. The van der Waals surface area contributed by atoms with Gasteiger partial charge in [0.1, 0.15) is 0 Å². The van der Waals surface area contributed by atoms with Gasteiger partial charge in [-0.2, -0.15) is 0 Å². The van der Waals surface area contributed by atoms with E-state index in [-0.39, 0.29) is 17.7 Å². The second-order valence-electron chi connectivity index (χ2n) is 7.73. The van der Waals surface area contributed by atoms with Gasteiger partial charge in [-0.3, -0.25) is 9.59 Å². The van der Waals surface area contributed by atoms with Crippen LogP contribution in [0.15, 0.2) is 24.3 Å². The van der Waals surface area contributed by atoms with E-state index in [1.165, 1.54) is 12.8 Å². The average Bonchev–Trinajstić information content (AvgIpc) is 2.92. The second kappa shape index (κ2) is 8.30. The van der Waals surface area contributed by atoms with Crippen LogP contribution in [-0.2, 0) is 14.3 Å². The van der Waals surface area contributed by atoms with E-state index in [1.807, 2.05) is 28.0 Å². The molecule has 2 amide bonds. The molecule has 0 N–H and O–H groups in total. The highest BCUT2D eigenvalue weighted by Gasteiger charge is 2.38. The van der Waals surface area contributed by atoms with Crippen molar-refractivity contribution in [1.82, 2.24) is 4.90 Å². The Morgan fingerprint density at radius 1 is 0.926 bits per heavy atom. The Hall–Kier alpha value is -2.08. The molecule has 4 rings (SSSR count). The van der Waals surface area contributed by atoms with Gasteiger partial charge in [0, 0.05) is 39.1 Å². The zero-order valence-corrected chi connectivity index (χ0v) is 15.9. The summed E-state index contributed by atoms with van der Waals surface area (Å²) in [6.45, 7) is 5.25. The molecule has 1 unspecified atom stereocenters. The predicted molar refractivity (Wildman–Crippen MR) is 105 cm³/mol. The lowest BCUT2D eigenvalue weighted by atomic mass is 10.1. The molecule has 3 aliphatic rings. The summed E-state index contributed by atoms with van der Waals surface area (Å²) in [5, 5.41) is 0. The maximum absolute atomic E-state index is 13.0. The number of benzene rings is 1. The lowest BCUT2D eigenvalue weighted by Crippen LogP contribution is -2.39. The van der Waals surface area contributed by atoms with Crippen molar-refractivity contribution in [2.75, 3.05) is 55.7 Å². The Balaban J connectivity index is 1.50. The minimum atomic E-state index is -0.214. The molecule has 0 aromatic heterocycles. The smallest absolute Gasteiger partial charge is 0.228 e. The Kier molecular flexibility index (Phi) is 5.62. The van der Waals surface area contributed by atoms with Crippen molar-refractivity contribution in [3.63, 3.8) is 0 Å². The number of hydrogen-bond donors (Lipinski definition) is 0. The second-order valence-corrected chi connectivity index (χ2v) is 7.73. The van der Waals surface area contributed by atoms with Crippen LogP contribution < -0.4 is 9.80 Å². The third-order valence-corrected chi connectivity index (χ3v) is 5.92. The molecule has 0 spiro atoms. The van der Waals surface area contributed by atoms with E-state index in [0.29, 0.717) is 26.2 Å². The lowest BCUT2D eigenvalue weighted by molar-refractivity contribution is -0.135. The van der Waals surface area contributed by atoms with Crippen LogP contribution in [0.2, 0.25) is 0 Å². The molecule has 27 heavy (non-hydrogen) atoms. The normalized spacial score (nSPS) is 24.2. The van der Waals surface area contributed by atoms with Crippen LogP contribution in [0.5, 0.6) is 0 Å². The molecule has 0 bridgehead atoms. The van der Waals surface area contributed by atoms with Crippen LogP contribution in [0, 0.1) is 5.92 Å². The summed E-state index contributed by atoms with van der Waals surface area (Å²) in [6.07, 6.45) is 4.89. The maximum atomic E-state index is 13.0. The topological polar surface area (TPSA) is 53.1 Å². The summed E-state index contributed by atoms with van der Waals surface area (Å²) in [4.78, 5) is 31.9. The zero-order valence-electron chi connectivity index (χ0n) is 15.9. The summed E-state index contributed by atoms with van der Waals surface area (Å²) in [5.74, 6) is 0.00818. The molecular formula is C21H29N3O3. The summed E-state index contributed by atoms with van der Waals surface area (Å²) in [6, 6.07) is 8.05. The van der Waals surface area contributed by atoms with E-state index < -0.39 is 0 Å². The van der Waals surface area contributed by atoms with Crippen LogP contribution >= 0.6 is 0 Å². The first kappa shape index (κ1) is 18.3. The van der Waals surface area contributed by atoms with Crippen molar-refractivity contribution in [3.05, 3.63) is 24.3 Å². The van der Waals surface area contributed by atoms with E-state index in [2.05, 4.69) is 11.0 Å². The van der Waals surface area contributed by atoms with Gasteiger partial charge in [-0.1, -0.05) is 25.0 Å². The van der Waals surface area contributed by atoms with Gasteiger partial charge in [0.25, 0.3) is 0 Å². The molecule has 0 saturated carbocycles. The number of para-hydroxylation sites is 2. The fourth-order valence-electron chi connectivity index (χ4n) is 4.42. The Morgan fingerprint density at radius 3 is 2.30 bits per heavy atom. The van der Waals surface area contributed by atoms with Crippen molar-refractivity contribution in [3.8, 4) is 0 Å². The van der Waals surface area contributed by atoms with Gasteiger partial charge >= 0.3 is 0 Å². The van der Waals surface area contributed by atoms with Crippen molar-refractivity contribution in [2.45, 2.75) is 32.1 Å². The molecule has 3 fully saturated rings. The summed E-state index contributed by atoms with van der Waals surface area (Å²) in [5.41, 5.74) is 1.99. The fourth-order valence-corrected chi connectivity index (χ4v) is 4.42. The number of carbonyl (C=O) groups is 2. The van der Waals surface area contributed by atoms with E-state index in [1.54, 1.807) is 0 Å². The molecule has 1 aromatic rings. The molecule has 146 valence electrons. The Morgan fingerprint density at radius 2 is 1.59 bits per heavy atom. The van der Waals surface area contributed by atoms with Crippen LogP contribution in [0.25, 0.3) is 0 Å². The molecule has 1 aromatic carbocycles. The van der Waals surface area contributed by atoms with Crippen LogP contribution in [0.4, 0.5) is 11.4 Å². The van der Waals surface area contributed by atoms with Crippen molar-refractivity contribution in [2.24, 2.45) is 5.92 Å². The number of hydrogen-bond acceptors (Lipinski definition) is 4. The number of nitrogens with zero attached hydrogens (tertiary/aromatic N) is 3. The Bertz CT molecular complexity index is 679. The third-order valence-electron chi connectivity index (χ3n) is 5.92. The number of carbonyl (C=O) groups excluding carboxylic acids is 2. The number of morpholine rings is 1. The van der Waals surface area contributed by atoms with Gasteiger partial charge in [-0.25, -0.2) is 0 Å². The summed E-state index contributed by atoms with van der Waals surface area (Å²) in [7, 11) is 0. The number of likely N-dealkylation sites (tertiary alicyclic amines) is 1. The molecule has 6 nitrogen and oxygen atoms in total. The quantitative estimate of drug-likeness (QED) is 0.818. The largest absolute Gasteiger partial charge is 0.378 e. The zero-order chi connectivity index (χ0) is 18.6. The van der Waals surface area contributed by atoms with Crippen molar-refractivity contribution in [1.29, 1.82) is 0 Å².